The molecule has 1 aromatic carbocycles. The molecule has 2 amide bonds. The number of piperazine rings is 1. The molecule has 1 heterocycles. The molecule has 0 radical (unpaired) electrons. The fourth-order valence-corrected chi connectivity index (χ4v) is 2.88. The number of rotatable bonds is 6. The molecule has 6 nitrogen and oxygen atoms in total. The van der Waals surface area contributed by atoms with Gasteiger partial charge >= 0.3 is 0 Å². The minimum absolute atomic E-state index is 0.00833. The molecule has 1 atom stereocenters. The van der Waals surface area contributed by atoms with E-state index in [9.17, 15) is 9.59 Å². The molecule has 1 aromatic rings. The van der Waals surface area contributed by atoms with Gasteiger partial charge in [0.2, 0.25) is 11.8 Å². The highest BCUT2D eigenvalue weighted by atomic mass is 16.2. The first-order chi connectivity index (χ1) is 11.5. The maximum absolute atomic E-state index is 12.3. The predicted molar refractivity (Wildman–Crippen MR) is 95.7 cm³/mol. The van der Waals surface area contributed by atoms with E-state index in [1.165, 1.54) is 0 Å². The van der Waals surface area contributed by atoms with Crippen LogP contribution in [-0.2, 0) is 16.0 Å². The van der Waals surface area contributed by atoms with Gasteiger partial charge in [0.05, 0.1) is 6.54 Å². The van der Waals surface area contributed by atoms with Crippen LogP contribution in [-0.4, -0.2) is 60.9 Å². The molecule has 0 bridgehead atoms. The SMILES string of the molecule is CCc1ccccc1NC(=O)CN1CCN(C(=O)C(C)CN)CC1. The lowest BCUT2D eigenvalue weighted by Crippen LogP contribution is -2.52. The minimum Gasteiger partial charge on any atom is -0.340 e. The fraction of sp³-hybridized carbons (Fsp3) is 0.556. The summed E-state index contributed by atoms with van der Waals surface area (Å²) in [4.78, 5) is 28.3. The number of nitrogens with zero attached hydrogens (tertiary/aromatic N) is 2. The first-order valence-electron chi connectivity index (χ1n) is 8.64. The maximum Gasteiger partial charge on any atom is 0.238 e. The molecule has 2 rings (SSSR count). The third-order valence-corrected chi connectivity index (χ3v) is 4.50. The molecule has 24 heavy (non-hydrogen) atoms. The molecule has 0 spiro atoms. The van der Waals surface area contributed by atoms with E-state index in [-0.39, 0.29) is 17.7 Å². The minimum atomic E-state index is -0.134. The van der Waals surface area contributed by atoms with Crippen molar-refractivity contribution in [1.29, 1.82) is 0 Å². The van der Waals surface area contributed by atoms with Gasteiger partial charge in [-0.15, -0.1) is 0 Å². The maximum atomic E-state index is 12.3. The van der Waals surface area contributed by atoms with Crippen LogP contribution in [0.3, 0.4) is 0 Å². The van der Waals surface area contributed by atoms with E-state index in [4.69, 9.17) is 5.73 Å². The third-order valence-electron chi connectivity index (χ3n) is 4.50. The van der Waals surface area contributed by atoms with Crippen molar-refractivity contribution < 1.29 is 9.59 Å². The highest BCUT2D eigenvalue weighted by Crippen LogP contribution is 2.15. The monoisotopic (exact) mass is 332 g/mol. The standard InChI is InChI=1S/C18H28N4O2/c1-3-15-6-4-5-7-16(15)20-17(23)13-21-8-10-22(11-9-21)18(24)14(2)12-19/h4-7,14H,3,8-13,19H2,1-2H3,(H,20,23). The van der Waals surface area contributed by atoms with Gasteiger partial charge in [0.25, 0.3) is 0 Å². The second-order valence-corrected chi connectivity index (χ2v) is 6.30. The van der Waals surface area contributed by atoms with Crippen LogP contribution < -0.4 is 11.1 Å². The number of anilines is 1. The van der Waals surface area contributed by atoms with Crippen LogP contribution in [0.25, 0.3) is 0 Å². The van der Waals surface area contributed by atoms with Gasteiger partial charge in [-0.1, -0.05) is 32.0 Å². The molecule has 3 N–H and O–H groups in total. The van der Waals surface area contributed by atoms with Crippen LogP contribution in [0.5, 0.6) is 0 Å². The molecular formula is C18H28N4O2. The van der Waals surface area contributed by atoms with E-state index in [1.54, 1.807) is 0 Å². The number of carbonyl (C=O) groups is 2. The summed E-state index contributed by atoms with van der Waals surface area (Å²) in [5.74, 6) is -0.0325. The van der Waals surface area contributed by atoms with Crippen molar-refractivity contribution in [3.05, 3.63) is 29.8 Å². The molecule has 1 unspecified atom stereocenters. The zero-order valence-corrected chi connectivity index (χ0v) is 14.6. The quantitative estimate of drug-likeness (QED) is 0.812. The molecule has 1 saturated heterocycles. The predicted octanol–water partition coefficient (Wildman–Crippen LogP) is 0.927. The Morgan fingerprint density at radius 3 is 2.50 bits per heavy atom. The van der Waals surface area contributed by atoms with E-state index < -0.39 is 0 Å². The lowest BCUT2D eigenvalue weighted by molar-refractivity contribution is -0.136. The summed E-state index contributed by atoms with van der Waals surface area (Å²) in [6, 6.07) is 7.87. The van der Waals surface area contributed by atoms with Crippen molar-refractivity contribution in [3.63, 3.8) is 0 Å². The van der Waals surface area contributed by atoms with Gasteiger partial charge in [0.1, 0.15) is 0 Å². The van der Waals surface area contributed by atoms with E-state index >= 15 is 0 Å². The Labute approximate surface area is 144 Å². The summed E-state index contributed by atoms with van der Waals surface area (Å²) >= 11 is 0. The van der Waals surface area contributed by atoms with Crippen molar-refractivity contribution in [2.45, 2.75) is 20.3 Å². The van der Waals surface area contributed by atoms with Gasteiger partial charge in [-0.3, -0.25) is 14.5 Å². The van der Waals surface area contributed by atoms with Crippen LogP contribution in [0.2, 0.25) is 0 Å². The summed E-state index contributed by atoms with van der Waals surface area (Å²) in [6.07, 6.45) is 0.885. The number of hydrogen-bond donors (Lipinski definition) is 2. The van der Waals surface area contributed by atoms with Crippen LogP contribution in [0, 0.1) is 5.92 Å². The Hall–Kier alpha value is -1.92. The highest BCUT2D eigenvalue weighted by molar-refractivity contribution is 5.93. The highest BCUT2D eigenvalue weighted by Gasteiger charge is 2.25. The van der Waals surface area contributed by atoms with Crippen LogP contribution in [0.1, 0.15) is 19.4 Å². The van der Waals surface area contributed by atoms with Crippen molar-refractivity contribution in [1.82, 2.24) is 9.80 Å². The Balaban J connectivity index is 1.81. The summed E-state index contributed by atoms with van der Waals surface area (Å²) in [6.45, 7) is 7.39. The molecule has 1 aliphatic heterocycles. The lowest BCUT2D eigenvalue weighted by atomic mass is 10.1. The van der Waals surface area contributed by atoms with Gasteiger partial charge in [0, 0.05) is 44.3 Å². The van der Waals surface area contributed by atoms with Crippen molar-refractivity contribution in [2.24, 2.45) is 11.7 Å². The van der Waals surface area contributed by atoms with Crippen LogP contribution in [0.15, 0.2) is 24.3 Å². The molecular weight excluding hydrogens is 304 g/mol. The number of nitrogens with one attached hydrogen (secondary N) is 1. The number of hydrogen-bond acceptors (Lipinski definition) is 4. The molecule has 1 fully saturated rings. The number of aryl methyl sites for hydroxylation is 1. The largest absolute Gasteiger partial charge is 0.340 e. The van der Waals surface area contributed by atoms with E-state index in [2.05, 4.69) is 17.1 Å². The summed E-state index contributed by atoms with van der Waals surface area (Å²) in [5, 5.41) is 2.99. The van der Waals surface area contributed by atoms with E-state index in [0.29, 0.717) is 39.3 Å². The van der Waals surface area contributed by atoms with Crippen molar-refractivity contribution in [2.75, 3.05) is 44.6 Å². The molecule has 0 aromatic heterocycles. The van der Waals surface area contributed by atoms with Crippen LogP contribution >= 0.6 is 0 Å². The number of nitrogens with two attached hydrogens (primary N) is 1. The Kier molecular flexibility index (Phi) is 6.75. The van der Waals surface area contributed by atoms with Gasteiger partial charge in [-0.05, 0) is 18.1 Å². The number of benzene rings is 1. The second kappa shape index (κ2) is 8.80. The van der Waals surface area contributed by atoms with Crippen molar-refractivity contribution >= 4 is 17.5 Å². The smallest absolute Gasteiger partial charge is 0.238 e. The average Bonchev–Trinajstić information content (AvgIpc) is 2.61. The van der Waals surface area contributed by atoms with Gasteiger partial charge in [0.15, 0.2) is 0 Å². The molecule has 132 valence electrons. The van der Waals surface area contributed by atoms with Gasteiger partial charge in [-0.25, -0.2) is 0 Å². The summed E-state index contributed by atoms with van der Waals surface area (Å²) < 4.78 is 0. The normalized spacial score (nSPS) is 16.7. The van der Waals surface area contributed by atoms with Gasteiger partial charge in [-0.2, -0.15) is 0 Å². The van der Waals surface area contributed by atoms with E-state index in [0.717, 1.165) is 17.7 Å². The molecule has 0 aliphatic carbocycles. The van der Waals surface area contributed by atoms with E-state index in [1.807, 2.05) is 36.1 Å². The molecule has 6 heteroatoms. The van der Waals surface area contributed by atoms with Crippen molar-refractivity contribution in [3.8, 4) is 0 Å². The molecule has 1 aliphatic rings. The first-order valence-corrected chi connectivity index (χ1v) is 8.64. The van der Waals surface area contributed by atoms with Crippen LogP contribution in [0.4, 0.5) is 5.69 Å². The summed E-state index contributed by atoms with van der Waals surface area (Å²) in [5.41, 5.74) is 7.58. The number of carbonyl (C=O) groups excluding carboxylic acids is 2. The average molecular weight is 332 g/mol. The zero-order valence-electron chi connectivity index (χ0n) is 14.6. The lowest BCUT2D eigenvalue weighted by Gasteiger charge is -2.35. The Bertz CT molecular complexity index is 568. The fourth-order valence-electron chi connectivity index (χ4n) is 2.88. The zero-order chi connectivity index (χ0) is 17.5. The Morgan fingerprint density at radius 1 is 1.21 bits per heavy atom. The van der Waals surface area contributed by atoms with Gasteiger partial charge < -0.3 is 16.0 Å². The first kappa shape index (κ1) is 18.4. The topological polar surface area (TPSA) is 78.7 Å². The summed E-state index contributed by atoms with van der Waals surface area (Å²) in [7, 11) is 0. The number of amides is 2. The number of para-hydroxylation sites is 1. The third kappa shape index (κ3) is 4.79. The Morgan fingerprint density at radius 2 is 1.88 bits per heavy atom. The molecule has 0 saturated carbocycles. The second-order valence-electron chi connectivity index (χ2n) is 6.30.